The number of hydrogen-bond donors (Lipinski definition) is 0. The first kappa shape index (κ1) is 29.8. The van der Waals surface area contributed by atoms with Crippen molar-refractivity contribution in [2.45, 2.75) is 5.41 Å². The van der Waals surface area contributed by atoms with Crippen molar-refractivity contribution in [2.24, 2.45) is 0 Å². The maximum atomic E-state index is 6.31. The Hall–Kier alpha value is -6.90. The van der Waals surface area contributed by atoms with Gasteiger partial charge < -0.3 is 9.32 Å². The highest BCUT2D eigenvalue weighted by molar-refractivity contribution is 6.16. The van der Waals surface area contributed by atoms with Gasteiger partial charge in [-0.3, -0.25) is 0 Å². The van der Waals surface area contributed by atoms with Gasteiger partial charge in [0.1, 0.15) is 11.2 Å². The molecule has 0 aliphatic heterocycles. The van der Waals surface area contributed by atoms with E-state index in [1.165, 1.54) is 54.9 Å². The van der Waals surface area contributed by atoms with Gasteiger partial charge in [-0.1, -0.05) is 158 Å². The van der Waals surface area contributed by atoms with Crippen LogP contribution < -0.4 is 4.90 Å². The minimum absolute atomic E-state index is 0.566. The second-order valence-corrected chi connectivity index (χ2v) is 14.0. The lowest BCUT2D eigenvalue weighted by Crippen LogP contribution is -2.28. The summed E-state index contributed by atoms with van der Waals surface area (Å²) in [7, 11) is 0. The molecular weight excluding hydrogens is 643 g/mol. The number of nitrogens with zero attached hydrogens (tertiary/aromatic N) is 1. The SMILES string of the molecule is c1ccc(N(c2ccc3oc4ccccc4c3c2)c2cc3c(c4ccccc24)-c2c(ccc4ccccc24)C3(c2ccccc2)c2ccccc2)cc1. The molecular formula is C51H33NO. The van der Waals surface area contributed by atoms with Crippen LogP contribution in [-0.2, 0) is 5.41 Å². The summed E-state index contributed by atoms with van der Waals surface area (Å²) in [6.07, 6.45) is 0. The molecule has 1 aromatic heterocycles. The molecule has 0 fully saturated rings. The quantitative estimate of drug-likeness (QED) is 0.181. The highest BCUT2D eigenvalue weighted by Gasteiger charge is 2.48. The van der Waals surface area contributed by atoms with Crippen LogP contribution in [0.5, 0.6) is 0 Å². The van der Waals surface area contributed by atoms with Crippen molar-refractivity contribution < 1.29 is 4.42 Å². The Labute approximate surface area is 307 Å². The highest BCUT2D eigenvalue weighted by Crippen LogP contribution is 2.61. The van der Waals surface area contributed by atoms with Crippen LogP contribution in [0, 0.1) is 0 Å². The van der Waals surface area contributed by atoms with Gasteiger partial charge in [0.25, 0.3) is 0 Å². The maximum Gasteiger partial charge on any atom is 0.135 e. The molecule has 0 amide bonds. The lowest BCUT2D eigenvalue weighted by atomic mass is 9.67. The van der Waals surface area contributed by atoms with Crippen molar-refractivity contribution >= 4 is 60.5 Å². The van der Waals surface area contributed by atoms with Crippen molar-refractivity contribution in [3.63, 3.8) is 0 Å². The lowest BCUT2D eigenvalue weighted by molar-refractivity contribution is 0.669. The first-order chi connectivity index (χ1) is 26.3. The molecule has 248 valence electrons. The third-order valence-corrected chi connectivity index (χ3v) is 11.3. The molecule has 0 saturated carbocycles. The molecule has 53 heavy (non-hydrogen) atoms. The van der Waals surface area contributed by atoms with Gasteiger partial charge in [0.15, 0.2) is 0 Å². The van der Waals surface area contributed by atoms with E-state index in [1.54, 1.807) is 0 Å². The number of rotatable bonds is 5. The predicted molar refractivity (Wildman–Crippen MR) is 221 cm³/mol. The molecule has 0 saturated heterocycles. The van der Waals surface area contributed by atoms with E-state index >= 15 is 0 Å². The molecule has 0 atom stereocenters. The number of benzene rings is 9. The number of para-hydroxylation sites is 2. The molecule has 1 heterocycles. The van der Waals surface area contributed by atoms with E-state index in [-0.39, 0.29) is 0 Å². The van der Waals surface area contributed by atoms with Gasteiger partial charge in [0.05, 0.1) is 11.1 Å². The molecule has 0 unspecified atom stereocenters. The standard InChI is InChI=1S/C51H33NO/c1-4-17-35(18-5-1)51(36-19-6-2-7-20-36)44-30-28-34-16-10-11-23-39(34)49(44)50-42-26-13-12-24-40(42)46(33-45(50)51)52(37-21-8-3-9-22-37)38-29-31-48-43(32-38)41-25-14-15-27-47(41)53-48/h1-33H. The molecule has 1 aliphatic rings. The summed E-state index contributed by atoms with van der Waals surface area (Å²) in [6.45, 7) is 0. The van der Waals surface area contributed by atoms with Gasteiger partial charge in [-0.05, 0) is 92.0 Å². The van der Waals surface area contributed by atoms with Gasteiger partial charge >= 0.3 is 0 Å². The second-order valence-electron chi connectivity index (χ2n) is 14.0. The van der Waals surface area contributed by atoms with Gasteiger partial charge in [0.2, 0.25) is 0 Å². The van der Waals surface area contributed by atoms with E-state index in [1.807, 2.05) is 12.1 Å². The Kier molecular flexibility index (Phi) is 6.50. The van der Waals surface area contributed by atoms with Crippen molar-refractivity contribution in [3.05, 3.63) is 222 Å². The van der Waals surface area contributed by atoms with Gasteiger partial charge in [0, 0.05) is 27.5 Å². The first-order valence-corrected chi connectivity index (χ1v) is 18.3. The van der Waals surface area contributed by atoms with Crippen molar-refractivity contribution in [1.82, 2.24) is 0 Å². The Morgan fingerprint density at radius 2 is 0.925 bits per heavy atom. The highest BCUT2D eigenvalue weighted by atomic mass is 16.3. The molecule has 2 nitrogen and oxygen atoms in total. The first-order valence-electron chi connectivity index (χ1n) is 18.3. The molecule has 0 spiro atoms. The largest absolute Gasteiger partial charge is 0.456 e. The van der Waals surface area contributed by atoms with Gasteiger partial charge in [-0.15, -0.1) is 0 Å². The summed E-state index contributed by atoms with van der Waals surface area (Å²) in [6, 6.07) is 72.9. The summed E-state index contributed by atoms with van der Waals surface area (Å²) >= 11 is 0. The predicted octanol–water partition coefficient (Wildman–Crippen LogP) is 13.7. The van der Waals surface area contributed by atoms with Crippen LogP contribution in [0.3, 0.4) is 0 Å². The zero-order valence-electron chi connectivity index (χ0n) is 28.9. The van der Waals surface area contributed by atoms with Gasteiger partial charge in [-0.25, -0.2) is 0 Å². The third kappa shape index (κ3) is 4.27. The molecule has 0 N–H and O–H groups in total. The molecule has 11 rings (SSSR count). The summed E-state index contributed by atoms with van der Waals surface area (Å²) in [5.41, 5.74) is 12.2. The molecule has 0 radical (unpaired) electrons. The topological polar surface area (TPSA) is 16.4 Å². The Balaban J connectivity index is 1.31. The average Bonchev–Trinajstić information content (AvgIpc) is 3.76. The summed E-state index contributed by atoms with van der Waals surface area (Å²) in [5, 5.41) is 7.17. The fraction of sp³-hybridized carbons (Fsp3) is 0.0196. The van der Waals surface area contributed by atoms with Crippen LogP contribution in [-0.4, -0.2) is 0 Å². The lowest BCUT2D eigenvalue weighted by Gasteiger charge is -2.35. The molecule has 9 aromatic carbocycles. The van der Waals surface area contributed by atoms with Crippen molar-refractivity contribution in [2.75, 3.05) is 4.90 Å². The average molecular weight is 676 g/mol. The van der Waals surface area contributed by atoms with E-state index in [2.05, 4.69) is 193 Å². The summed E-state index contributed by atoms with van der Waals surface area (Å²) in [5.74, 6) is 0. The molecule has 1 aliphatic carbocycles. The number of hydrogen-bond acceptors (Lipinski definition) is 2. The monoisotopic (exact) mass is 675 g/mol. The minimum Gasteiger partial charge on any atom is -0.456 e. The fourth-order valence-corrected chi connectivity index (χ4v) is 9.13. The second kappa shape index (κ2) is 11.6. The van der Waals surface area contributed by atoms with Crippen LogP contribution in [0.1, 0.15) is 22.3 Å². The molecule has 2 heteroatoms. The zero-order valence-corrected chi connectivity index (χ0v) is 28.9. The van der Waals surface area contributed by atoms with E-state index in [9.17, 15) is 0 Å². The zero-order chi connectivity index (χ0) is 34.9. The van der Waals surface area contributed by atoms with Crippen LogP contribution in [0.15, 0.2) is 205 Å². The normalized spacial score (nSPS) is 13.1. The fourth-order valence-electron chi connectivity index (χ4n) is 9.13. The minimum atomic E-state index is -0.566. The summed E-state index contributed by atoms with van der Waals surface area (Å²) in [4.78, 5) is 2.44. The molecule has 0 bridgehead atoms. The van der Waals surface area contributed by atoms with E-state index in [4.69, 9.17) is 4.42 Å². The number of anilines is 3. The van der Waals surface area contributed by atoms with Gasteiger partial charge in [-0.2, -0.15) is 0 Å². The third-order valence-electron chi connectivity index (χ3n) is 11.3. The van der Waals surface area contributed by atoms with Crippen molar-refractivity contribution in [3.8, 4) is 11.1 Å². The smallest absolute Gasteiger partial charge is 0.135 e. The van der Waals surface area contributed by atoms with Crippen molar-refractivity contribution in [1.29, 1.82) is 0 Å². The summed E-state index contributed by atoms with van der Waals surface area (Å²) < 4.78 is 6.31. The Morgan fingerprint density at radius 1 is 0.358 bits per heavy atom. The van der Waals surface area contributed by atoms with E-state index < -0.39 is 5.41 Å². The van der Waals surface area contributed by atoms with Crippen LogP contribution in [0.2, 0.25) is 0 Å². The van der Waals surface area contributed by atoms with Crippen LogP contribution in [0.4, 0.5) is 17.1 Å². The number of furan rings is 1. The maximum absolute atomic E-state index is 6.31. The Bertz CT molecular complexity index is 2960. The molecule has 10 aromatic rings. The van der Waals surface area contributed by atoms with Crippen LogP contribution >= 0.6 is 0 Å². The van der Waals surface area contributed by atoms with Crippen LogP contribution in [0.25, 0.3) is 54.6 Å². The van der Waals surface area contributed by atoms with E-state index in [0.717, 1.165) is 39.0 Å². The van der Waals surface area contributed by atoms with E-state index in [0.29, 0.717) is 0 Å². The Morgan fingerprint density at radius 3 is 1.66 bits per heavy atom. The number of fused-ring (bicyclic) bond motifs is 10.